The van der Waals surface area contributed by atoms with Gasteiger partial charge < -0.3 is 9.63 Å². The van der Waals surface area contributed by atoms with Crippen LogP contribution in [-0.2, 0) is 11.3 Å². The van der Waals surface area contributed by atoms with Gasteiger partial charge in [0.2, 0.25) is 11.7 Å². The number of benzene rings is 2. The number of imide groups is 1. The minimum Gasteiger partial charge on any atom is -0.505 e. The largest absolute Gasteiger partial charge is 0.505 e. The number of halogens is 1. The molecule has 1 saturated heterocycles. The molecule has 0 bridgehead atoms. The maximum absolute atomic E-state index is 13.5. The molecule has 0 unspecified atom stereocenters. The fourth-order valence-corrected chi connectivity index (χ4v) is 3.35. The third kappa shape index (κ3) is 3.41. The van der Waals surface area contributed by atoms with Gasteiger partial charge in [0.05, 0.1) is 12.3 Å². The zero-order chi connectivity index (χ0) is 19.0. The van der Waals surface area contributed by atoms with Crippen LogP contribution in [0.2, 0.25) is 0 Å². The number of carbonyl (C=O) groups excluding carboxylic acids is 2. The van der Waals surface area contributed by atoms with Crippen LogP contribution in [0.15, 0.2) is 47.0 Å². The predicted molar refractivity (Wildman–Crippen MR) is 95.2 cm³/mol. The third-order valence-corrected chi connectivity index (χ3v) is 4.85. The predicted octanol–water partition coefficient (Wildman–Crippen LogP) is 3.44. The third-order valence-electron chi connectivity index (χ3n) is 3.99. The van der Waals surface area contributed by atoms with E-state index in [-0.39, 0.29) is 35.2 Å². The summed E-state index contributed by atoms with van der Waals surface area (Å²) in [7, 11) is 0. The number of aromatic nitrogens is 2. The highest BCUT2D eigenvalue weighted by Crippen LogP contribution is 2.27. The fraction of sp³-hybridized carbons (Fsp3) is 0.111. The molecule has 1 aliphatic rings. The molecule has 136 valence electrons. The molecule has 3 aromatic rings. The normalized spacial score (nSPS) is 14.2. The van der Waals surface area contributed by atoms with E-state index in [9.17, 15) is 19.1 Å². The Hall–Kier alpha value is -3.20. The number of phenolic OH excluding ortho intramolecular Hbond substituents is 1. The zero-order valence-corrected chi connectivity index (χ0v) is 14.6. The lowest BCUT2D eigenvalue weighted by Crippen LogP contribution is -2.27. The molecule has 2 amide bonds. The summed E-state index contributed by atoms with van der Waals surface area (Å²) in [5, 5.41) is 12.8. The number of hydrogen-bond acceptors (Lipinski definition) is 7. The lowest BCUT2D eigenvalue weighted by atomic mass is 10.1. The number of amides is 2. The van der Waals surface area contributed by atoms with Crippen molar-refractivity contribution in [2.75, 3.05) is 5.75 Å². The average Bonchev–Trinajstić information content (AvgIpc) is 3.27. The van der Waals surface area contributed by atoms with Crippen LogP contribution in [0, 0.1) is 5.82 Å². The van der Waals surface area contributed by atoms with E-state index in [1.54, 1.807) is 24.3 Å². The van der Waals surface area contributed by atoms with Crippen LogP contribution in [0.1, 0.15) is 5.56 Å². The molecule has 0 spiro atoms. The highest BCUT2D eigenvalue weighted by atomic mass is 32.2. The summed E-state index contributed by atoms with van der Waals surface area (Å²) in [5.74, 6) is -0.901. The molecular formula is C18H12FN3O4S. The van der Waals surface area contributed by atoms with Crippen molar-refractivity contribution in [3.63, 3.8) is 0 Å². The van der Waals surface area contributed by atoms with Crippen LogP contribution in [0.5, 0.6) is 5.75 Å². The number of thioether (sulfide) groups is 1. The lowest BCUT2D eigenvalue weighted by Gasteiger charge is -2.12. The fourth-order valence-electron chi connectivity index (χ4n) is 2.62. The number of hydrogen-bond donors (Lipinski definition) is 1. The highest BCUT2D eigenvalue weighted by Gasteiger charge is 2.29. The molecule has 9 heteroatoms. The van der Waals surface area contributed by atoms with Crippen LogP contribution in [-0.4, -0.2) is 37.0 Å². The topological polar surface area (TPSA) is 96.5 Å². The van der Waals surface area contributed by atoms with Gasteiger partial charge in [0.1, 0.15) is 0 Å². The first-order valence-corrected chi connectivity index (χ1v) is 8.89. The molecule has 1 aliphatic heterocycles. The maximum Gasteiger partial charge on any atom is 0.289 e. The summed E-state index contributed by atoms with van der Waals surface area (Å²) < 4.78 is 18.8. The average molecular weight is 385 g/mol. The Labute approximate surface area is 156 Å². The lowest BCUT2D eigenvalue weighted by molar-refractivity contribution is -0.125. The Balaban J connectivity index is 1.59. The van der Waals surface area contributed by atoms with E-state index in [0.29, 0.717) is 11.1 Å². The minimum atomic E-state index is -0.779. The summed E-state index contributed by atoms with van der Waals surface area (Å²) in [6.07, 6.45) is 0. The summed E-state index contributed by atoms with van der Waals surface area (Å²) in [4.78, 5) is 28.9. The first kappa shape index (κ1) is 17.2. The van der Waals surface area contributed by atoms with Crippen molar-refractivity contribution in [2.24, 2.45) is 0 Å². The Morgan fingerprint density at radius 2 is 2.04 bits per heavy atom. The number of nitrogens with zero attached hydrogens (tertiary/aromatic N) is 3. The molecule has 2 heterocycles. The number of phenols is 1. The van der Waals surface area contributed by atoms with E-state index in [2.05, 4.69) is 10.1 Å². The molecule has 0 radical (unpaired) electrons. The van der Waals surface area contributed by atoms with E-state index in [0.717, 1.165) is 23.4 Å². The van der Waals surface area contributed by atoms with Crippen LogP contribution < -0.4 is 0 Å². The Morgan fingerprint density at radius 1 is 1.19 bits per heavy atom. The SMILES string of the molecule is O=C1CSC(=O)N1Cc1cccc(-c2nc(-c3ccc(O)c(F)c3)no2)c1. The van der Waals surface area contributed by atoms with Gasteiger partial charge in [-0.25, -0.2) is 4.39 Å². The van der Waals surface area contributed by atoms with Crippen molar-refractivity contribution in [3.05, 3.63) is 53.8 Å². The van der Waals surface area contributed by atoms with E-state index in [1.807, 2.05) is 0 Å². The Bertz CT molecular complexity index is 1040. The maximum atomic E-state index is 13.5. The smallest absolute Gasteiger partial charge is 0.289 e. The van der Waals surface area contributed by atoms with Crippen LogP contribution in [0.3, 0.4) is 0 Å². The number of rotatable bonds is 4. The summed E-state index contributed by atoms with van der Waals surface area (Å²) in [6.45, 7) is 0.169. The van der Waals surface area contributed by atoms with Crippen molar-refractivity contribution in [1.29, 1.82) is 0 Å². The second-order valence-electron chi connectivity index (χ2n) is 5.82. The zero-order valence-electron chi connectivity index (χ0n) is 13.8. The van der Waals surface area contributed by atoms with Gasteiger partial charge in [-0.15, -0.1) is 0 Å². The van der Waals surface area contributed by atoms with E-state index in [4.69, 9.17) is 4.52 Å². The number of carbonyl (C=O) groups is 2. The molecule has 0 atom stereocenters. The van der Waals surface area contributed by atoms with Crippen molar-refractivity contribution < 1.29 is 23.6 Å². The van der Waals surface area contributed by atoms with Gasteiger partial charge >= 0.3 is 0 Å². The van der Waals surface area contributed by atoms with Crippen LogP contribution in [0.4, 0.5) is 9.18 Å². The second kappa shape index (κ2) is 6.84. The molecule has 1 aromatic heterocycles. The molecule has 4 rings (SSSR count). The molecule has 2 aromatic carbocycles. The molecule has 27 heavy (non-hydrogen) atoms. The molecular weight excluding hydrogens is 373 g/mol. The minimum absolute atomic E-state index is 0.161. The van der Waals surface area contributed by atoms with E-state index < -0.39 is 11.6 Å². The van der Waals surface area contributed by atoms with Gasteiger partial charge in [-0.3, -0.25) is 14.5 Å². The highest BCUT2D eigenvalue weighted by molar-refractivity contribution is 8.14. The summed E-state index contributed by atoms with van der Waals surface area (Å²) in [6, 6.07) is 10.9. The molecule has 1 fully saturated rings. The molecule has 0 aliphatic carbocycles. The van der Waals surface area contributed by atoms with Crippen molar-refractivity contribution in [1.82, 2.24) is 15.0 Å². The van der Waals surface area contributed by atoms with Gasteiger partial charge in [0.15, 0.2) is 11.6 Å². The van der Waals surface area contributed by atoms with E-state index >= 15 is 0 Å². The van der Waals surface area contributed by atoms with Crippen molar-refractivity contribution in [2.45, 2.75) is 6.54 Å². The van der Waals surface area contributed by atoms with Crippen molar-refractivity contribution in [3.8, 4) is 28.6 Å². The summed E-state index contributed by atoms with van der Waals surface area (Å²) in [5.41, 5.74) is 1.71. The standard InChI is InChI=1S/C18H12FN3O4S/c19-13-7-11(4-5-14(13)23)16-20-17(26-21-16)12-3-1-2-10(6-12)8-22-15(24)9-27-18(22)25/h1-7,23H,8-9H2. The Kier molecular flexibility index (Phi) is 4.36. The molecule has 0 saturated carbocycles. The van der Waals surface area contributed by atoms with Gasteiger partial charge in [-0.2, -0.15) is 4.98 Å². The monoisotopic (exact) mass is 385 g/mol. The summed E-state index contributed by atoms with van der Waals surface area (Å²) >= 11 is 0.985. The second-order valence-corrected chi connectivity index (χ2v) is 6.75. The van der Waals surface area contributed by atoms with Crippen LogP contribution in [0.25, 0.3) is 22.8 Å². The van der Waals surface area contributed by atoms with Gasteiger partial charge in [-0.05, 0) is 35.9 Å². The van der Waals surface area contributed by atoms with Gasteiger partial charge in [-0.1, -0.05) is 29.1 Å². The first-order valence-electron chi connectivity index (χ1n) is 7.90. The quantitative estimate of drug-likeness (QED) is 0.735. The molecule has 1 N–H and O–H groups in total. The van der Waals surface area contributed by atoms with Gasteiger partial charge in [0, 0.05) is 11.1 Å². The Morgan fingerprint density at radius 3 is 2.78 bits per heavy atom. The van der Waals surface area contributed by atoms with Crippen molar-refractivity contribution >= 4 is 22.9 Å². The first-order chi connectivity index (χ1) is 13.0. The van der Waals surface area contributed by atoms with E-state index in [1.165, 1.54) is 17.0 Å². The van der Waals surface area contributed by atoms with Gasteiger partial charge in [0.25, 0.3) is 11.1 Å². The molecule has 7 nitrogen and oxygen atoms in total. The van der Waals surface area contributed by atoms with Crippen LogP contribution >= 0.6 is 11.8 Å². The number of aromatic hydroxyl groups is 1.